The highest BCUT2D eigenvalue weighted by Gasteiger charge is 2.37. The summed E-state index contributed by atoms with van der Waals surface area (Å²) >= 11 is 0. The second-order valence-electron chi connectivity index (χ2n) is 5.00. The molecule has 15 heavy (non-hydrogen) atoms. The Labute approximate surface area is 93.2 Å². The van der Waals surface area contributed by atoms with Gasteiger partial charge < -0.3 is 0 Å². The number of carbonyl (C=O) groups excluding carboxylic acids is 1. The predicted molar refractivity (Wildman–Crippen MR) is 62.6 cm³/mol. The van der Waals surface area contributed by atoms with Gasteiger partial charge in [-0.05, 0) is 30.6 Å². The summed E-state index contributed by atoms with van der Waals surface area (Å²) in [6.07, 6.45) is 8.88. The summed E-state index contributed by atoms with van der Waals surface area (Å²) in [4.78, 5) is 14.3. The van der Waals surface area contributed by atoms with E-state index >= 15 is 0 Å². The summed E-state index contributed by atoms with van der Waals surface area (Å²) in [7, 11) is 0. The monoisotopic (exact) mass is 209 g/mol. The first-order valence-electron chi connectivity index (χ1n) is 6.26. The van der Waals surface area contributed by atoms with Crippen LogP contribution in [0.2, 0.25) is 0 Å². The number of hydrogen-bond acceptors (Lipinski definition) is 2. The fourth-order valence-corrected chi connectivity index (χ4v) is 3.06. The molecule has 2 heteroatoms. The Hall–Kier alpha value is -0.620. The van der Waals surface area contributed by atoms with Crippen LogP contribution in [-0.2, 0) is 4.79 Å². The lowest BCUT2D eigenvalue weighted by molar-refractivity contribution is 0.108. The van der Waals surface area contributed by atoms with Crippen LogP contribution in [-0.4, -0.2) is 12.1 Å². The number of hydrogen-bond donors (Lipinski definition) is 0. The van der Waals surface area contributed by atoms with Gasteiger partial charge in [-0.1, -0.05) is 40.0 Å². The zero-order chi connectivity index (χ0) is 11.3. The van der Waals surface area contributed by atoms with Gasteiger partial charge in [-0.2, -0.15) is 0 Å². The van der Waals surface area contributed by atoms with E-state index in [-0.39, 0.29) is 6.04 Å². The Morgan fingerprint density at radius 2 is 1.93 bits per heavy atom. The summed E-state index contributed by atoms with van der Waals surface area (Å²) < 4.78 is 0. The minimum absolute atomic E-state index is 0.237. The highest BCUT2D eigenvalue weighted by molar-refractivity contribution is 5.33. The zero-order valence-electron chi connectivity index (χ0n) is 10.3. The normalized spacial score (nSPS) is 29.5. The number of rotatable bonds is 4. The second kappa shape index (κ2) is 5.46. The third kappa shape index (κ3) is 2.92. The van der Waals surface area contributed by atoms with Crippen LogP contribution in [0.4, 0.5) is 0 Å². The lowest BCUT2D eigenvalue weighted by Crippen LogP contribution is -2.34. The van der Waals surface area contributed by atoms with Gasteiger partial charge in [0.05, 0.1) is 6.04 Å². The van der Waals surface area contributed by atoms with Crippen LogP contribution in [0.5, 0.6) is 0 Å². The molecule has 0 spiro atoms. The van der Waals surface area contributed by atoms with Crippen molar-refractivity contribution in [3.05, 3.63) is 0 Å². The molecule has 1 rings (SSSR count). The molecule has 0 heterocycles. The molecular formula is C13H23NO. The molecule has 0 aromatic rings. The van der Waals surface area contributed by atoms with Gasteiger partial charge in [0.25, 0.3) is 0 Å². The summed E-state index contributed by atoms with van der Waals surface area (Å²) in [5.41, 5.74) is 0.434. The summed E-state index contributed by atoms with van der Waals surface area (Å²) in [5.74, 6) is 0.751. The molecule has 0 aliphatic heterocycles. The SMILES string of the molecule is CCC1CC(N=C=O)CC(CC)(CC)C1. The largest absolute Gasteiger partial charge is 0.235 e. The van der Waals surface area contributed by atoms with Crippen LogP contribution in [0.15, 0.2) is 4.99 Å². The standard InChI is InChI=1S/C13H23NO/c1-4-11-7-12(14-10-15)9-13(5-2,6-3)8-11/h11-12H,4-9H2,1-3H3. The Bertz CT molecular complexity index is 239. The van der Waals surface area contributed by atoms with E-state index in [1.54, 1.807) is 6.08 Å². The van der Waals surface area contributed by atoms with Crippen molar-refractivity contribution in [1.29, 1.82) is 0 Å². The Morgan fingerprint density at radius 3 is 2.40 bits per heavy atom. The van der Waals surface area contributed by atoms with Crippen LogP contribution in [0.25, 0.3) is 0 Å². The minimum Gasteiger partial charge on any atom is -0.211 e. The average Bonchev–Trinajstić information content (AvgIpc) is 2.29. The van der Waals surface area contributed by atoms with Crippen LogP contribution in [0.3, 0.4) is 0 Å². The van der Waals surface area contributed by atoms with Gasteiger partial charge in [0, 0.05) is 0 Å². The van der Waals surface area contributed by atoms with Gasteiger partial charge in [0.1, 0.15) is 0 Å². The van der Waals surface area contributed by atoms with Crippen LogP contribution < -0.4 is 0 Å². The highest BCUT2D eigenvalue weighted by Crippen LogP contribution is 2.46. The van der Waals surface area contributed by atoms with Crippen molar-refractivity contribution < 1.29 is 4.79 Å². The molecule has 0 saturated heterocycles. The maximum atomic E-state index is 10.4. The maximum absolute atomic E-state index is 10.4. The van der Waals surface area contributed by atoms with E-state index in [9.17, 15) is 4.79 Å². The van der Waals surface area contributed by atoms with Crippen molar-refractivity contribution in [2.24, 2.45) is 16.3 Å². The second-order valence-corrected chi connectivity index (χ2v) is 5.00. The lowest BCUT2D eigenvalue weighted by atomic mass is 9.64. The molecule has 0 radical (unpaired) electrons. The molecule has 0 aromatic carbocycles. The first kappa shape index (κ1) is 12.4. The van der Waals surface area contributed by atoms with E-state index in [1.165, 1.54) is 25.7 Å². The molecular weight excluding hydrogens is 186 g/mol. The minimum atomic E-state index is 0.237. The van der Waals surface area contributed by atoms with Crippen LogP contribution in [0, 0.1) is 11.3 Å². The smallest absolute Gasteiger partial charge is 0.211 e. The van der Waals surface area contributed by atoms with Crippen molar-refractivity contribution in [3.8, 4) is 0 Å². The van der Waals surface area contributed by atoms with E-state index in [2.05, 4.69) is 25.8 Å². The number of nitrogens with zero attached hydrogens (tertiary/aromatic N) is 1. The Balaban J connectivity index is 2.77. The van der Waals surface area contributed by atoms with E-state index in [4.69, 9.17) is 0 Å². The molecule has 0 amide bonds. The van der Waals surface area contributed by atoms with Gasteiger partial charge in [-0.3, -0.25) is 0 Å². The van der Waals surface area contributed by atoms with Crippen molar-refractivity contribution in [2.45, 2.75) is 65.3 Å². The van der Waals surface area contributed by atoms with Crippen molar-refractivity contribution in [3.63, 3.8) is 0 Å². The molecule has 1 fully saturated rings. The van der Waals surface area contributed by atoms with Crippen molar-refractivity contribution >= 4 is 6.08 Å². The highest BCUT2D eigenvalue weighted by atomic mass is 16.1. The average molecular weight is 209 g/mol. The zero-order valence-corrected chi connectivity index (χ0v) is 10.3. The first-order valence-corrected chi connectivity index (χ1v) is 6.26. The summed E-state index contributed by atoms with van der Waals surface area (Å²) in [5, 5.41) is 0. The molecule has 2 nitrogen and oxygen atoms in total. The van der Waals surface area contributed by atoms with Gasteiger partial charge in [0.15, 0.2) is 0 Å². The Kier molecular flexibility index (Phi) is 4.53. The molecule has 0 bridgehead atoms. The van der Waals surface area contributed by atoms with Crippen LogP contribution >= 0.6 is 0 Å². The predicted octanol–water partition coefficient (Wildman–Crippen LogP) is 3.71. The number of isocyanates is 1. The van der Waals surface area contributed by atoms with E-state index in [0.717, 1.165) is 18.8 Å². The summed E-state index contributed by atoms with van der Waals surface area (Å²) in [6, 6.07) is 0.237. The van der Waals surface area contributed by atoms with E-state index < -0.39 is 0 Å². The molecule has 1 aliphatic rings. The molecule has 2 atom stereocenters. The van der Waals surface area contributed by atoms with Crippen molar-refractivity contribution in [2.75, 3.05) is 0 Å². The van der Waals surface area contributed by atoms with Gasteiger partial charge in [-0.25, -0.2) is 9.79 Å². The lowest BCUT2D eigenvalue weighted by Gasteiger charge is -2.42. The molecule has 0 aromatic heterocycles. The first-order chi connectivity index (χ1) is 7.19. The molecule has 0 N–H and O–H groups in total. The molecule has 1 saturated carbocycles. The maximum Gasteiger partial charge on any atom is 0.235 e. The van der Waals surface area contributed by atoms with Gasteiger partial charge in [-0.15, -0.1) is 0 Å². The number of aliphatic imine (C=N–C) groups is 1. The van der Waals surface area contributed by atoms with Gasteiger partial charge in [0.2, 0.25) is 6.08 Å². The third-order valence-corrected chi connectivity index (χ3v) is 4.31. The van der Waals surface area contributed by atoms with E-state index in [1.807, 2.05) is 0 Å². The summed E-state index contributed by atoms with van der Waals surface area (Å²) in [6.45, 7) is 6.78. The Morgan fingerprint density at radius 1 is 1.27 bits per heavy atom. The fraction of sp³-hybridized carbons (Fsp3) is 0.923. The third-order valence-electron chi connectivity index (χ3n) is 4.31. The topological polar surface area (TPSA) is 29.4 Å². The van der Waals surface area contributed by atoms with E-state index in [0.29, 0.717) is 5.41 Å². The molecule has 86 valence electrons. The van der Waals surface area contributed by atoms with Crippen LogP contribution in [0.1, 0.15) is 59.3 Å². The molecule has 2 unspecified atom stereocenters. The van der Waals surface area contributed by atoms with Crippen molar-refractivity contribution in [1.82, 2.24) is 0 Å². The molecule has 1 aliphatic carbocycles. The fourth-order valence-electron chi connectivity index (χ4n) is 3.06. The quantitative estimate of drug-likeness (QED) is 0.512. The van der Waals surface area contributed by atoms with Gasteiger partial charge >= 0.3 is 0 Å².